The Morgan fingerprint density at radius 2 is 1.81 bits per heavy atom. The largest absolute Gasteiger partial charge is 0.477 e. The van der Waals surface area contributed by atoms with Crippen molar-refractivity contribution >= 4 is 28.9 Å². The molecule has 0 radical (unpaired) electrons. The molecule has 3 aromatic rings. The molecule has 0 spiro atoms. The Hall–Kier alpha value is -2.99. The maximum Gasteiger partial charge on any atom is 0.346 e. The van der Waals surface area contributed by atoms with Crippen LogP contribution in [0.5, 0.6) is 0 Å². The first-order valence-corrected chi connectivity index (χ1v) is 8.87. The number of rotatable bonds is 3. The second-order valence-electron chi connectivity index (χ2n) is 6.04. The first-order valence-electron chi connectivity index (χ1n) is 8.06. The number of hydrogen-bond donors (Lipinski definition) is 2. The molecule has 2 aromatic carbocycles. The fourth-order valence-corrected chi connectivity index (χ4v) is 4.56. The molecule has 2 N–H and O–H groups in total. The normalized spacial score (nSPS) is 16.0. The van der Waals surface area contributed by atoms with Crippen molar-refractivity contribution in [2.45, 2.75) is 12.3 Å². The van der Waals surface area contributed by atoms with E-state index in [1.54, 1.807) is 30.3 Å². The molecule has 0 fully saturated rings. The summed E-state index contributed by atoms with van der Waals surface area (Å²) in [6, 6.07) is 15.4. The highest BCUT2D eigenvalue weighted by Crippen LogP contribution is 2.49. The number of thiophene rings is 1. The van der Waals surface area contributed by atoms with E-state index in [2.05, 4.69) is 5.32 Å². The van der Waals surface area contributed by atoms with E-state index in [0.29, 0.717) is 27.3 Å². The second-order valence-corrected chi connectivity index (χ2v) is 7.10. The lowest BCUT2D eigenvalue weighted by Gasteiger charge is -2.24. The first kappa shape index (κ1) is 16.5. The minimum absolute atomic E-state index is 0.0851. The van der Waals surface area contributed by atoms with Crippen molar-refractivity contribution in [1.29, 1.82) is 0 Å². The van der Waals surface area contributed by atoms with Gasteiger partial charge in [-0.2, -0.15) is 0 Å². The van der Waals surface area contributed by atoms with Crippen LogP contribution in [-0.2, 0) is 4.79 Å². The van der Waals surface area contributed by atoms with E-state index in [4.69, 9.17) is 0 Å². The number of nitrogens with one attached hydrogen (secondary N) is 1. The number of anilines is 1. The molecule has 1 amide bonds. The van der Waals surface area contributed by atoms with E-state index < -0.39 is 17.7 Å². The van der Waals surface area contributed by atoms with Gasteiger partial charge in [0.05, 0.1) is 5.69 Å². The van der Waals surface area contributed by atoms with Gasteiger partial charge in [0, 0.05) is 22.8 Å². The molecule has 1 atom stereocenters. The van der Waals surface area contributed by atoms with E-state index in [9.17, 15) is 19.1 Å². The zero-order valence-corrected chi connectivity index (χ0v) is 14.3. The molecule has 0 aliphatic carbocycles. The average Bonchev–Trinajstić information content (AvgIpc) is 3.02. The van der Waals surface area contributed by atoms with Gasteiger partial charge in [-0.3, -0.25) is 4.79 Å². The molecule has 4 nitrogen and oxygen atoms in total. The Kier molecular flexibility index (Phi) is 4.05. The van der Waals surface area contributed by atoms with Gasteiger partial charge in [0.15, 0.2) is 0 Å². The van der Waals surface area contributed by atoms with Crippen LogP contribution in [0, 0.1) is 5.82 Å². The van der Waals surface area contributed by atoms with Gasteiger partial charge in [-0.25, -0.2) is 9.18 Å². The molecule has 0 bridgehead atoms. The van der Waals surface area contributed by atoms with Crippen LogP contribution < -0.4 is 5.32 Å². The summed E-state index contributed by atoms with van der Waals surface area (Å²) in [4.78, 5) is 25.0. The first-order chi connectivity index (χ1) is 12.6. The predicted octanol–water partition coefficient (Wildman–Crippen LogP) is 4.73. The lowest BCUT2D eigenvalue weighted by atomic mass is 9.88. The number of hydrogen-bond acceptors (Lipinski definition) is 3. The Balaban J connectivity index is 1.97. The van der Waals surface area contributed by atoms with E-state index >= 15 is 0 Å². The van der Waals surface area contributed by atoms with E-state index in [0.717, 1.165) is 11.3 Å². The van der Waals surface area contributed by atoms with Crippen molar-refractivity contribution in [1.82, 2.24) is 0 Å². The summed E-state index contributed by atoms with van der Waals surface area (Å²) in [6.45, 7) is 0. The Morgan fingerprint density at radius 3 is 2.50 bits per heavy atom. The van der Waals surface area contributed by atoms with E-state index in [-0.39, 0.29) is 17.2 Å². The fourth-order valence-electron chi connectivity index (χ4n) is 3.33. The van der Waals surface area contributed by atoms with Crippen LogP contribution in [0.25, 0.3) is 11.1 Å². The molecule has 1 aliphatic rings. The van der Waals surface area contributed by atoms with Gasteiger partial charge in [-0.1, -0.05) is 48.5 Å². The molecule has 2 heterocycles. The van der Waals surface area contributed by atoms with Crippen LogP contribution >= 0.6 is 11.3 Å². The monoisotopic (exact) mass is 367 g/mol. The van der Waals surface area contributed by atoms with Gasteiger partial charge in [-0.15, -0.1) is 11.3 Å². The standard InChI is InChI=1S/C20H14FNO3S/c21-14-9-5-4-8-12(14)13-10-15(23)22-17-16(11-6-2-1-3-7-11)19(20(24)25)26-18(13)17/h1-9,13H,10H2,(H,22,23)(H,24,25). The van der Waals surface area contributed by atoms with Gasteiger partial charge >= 0.3 is 5.97 Å². The zero-order chi connectivity index (χ0) is 18.3. The summed E-state index contributed by atoms with van der Waals surface area (Å²) in [5.41, 5.74) is 2.06. The number of halogens is 1. The predicted molar refractivity (Wildman–Crippen MR) is 98.2 cm³/mol. The van der Waals surface area contributed by atoms with Crippen molar-refractivity contribution < 1.29 is 19.1 Å². The number of carboxylic acid groups (broad SMARTS) is 1. The average molecular weight is 367 g/mol. The lowest BCUT2D eigenvalue weighted by Crippen LogP contribution is -2.23. The second kappa shape index (κ2) is 6.38. The molecule has 1 unspecified atom stereocenters. The van der Waals surface area contributed by atoms with Gasteiger partial charge in [0.1, 0.15) is 10.7 Å². The fraction of sp³-hybridized carbons (Fsp3) is 0.100. The third-order valence-electron chi connectivity index (χ3n) is 4.44. The van der Waals surface area contributed by atoms with E-state index in [1.165, 1.54) is 6.07 Å². The topological polar surface area (TPSA) is 66.4 Å². The molecule has 0 saturated heterocycles. The van der Waals surface area contributed by atoms with Crippen LogP contribution in [0.3, 0.4) is 0 Å². The quantitative estimate of drug-likeness (QED) is 0.703. The van der Waals surface area contributed by atoms with Crippen molar-refractivity contribution in [2.75, 3.05) is 5.32 Å². The highest BCUT2D eigenvalue weighted by atomic mass is 32.1. The summed E-state index contributed by atoms with van der Waals surface area (Å²) >= 11 is 1.10. The van der Waals surface area contributed by atoms with Crippen LogP contribution in [0.2, 0.25) is 0 Å². The molecule has 6 heteroatoms. The maximum absolute atomic E-state index is 14.3. The number of carbonyl (C=O) groups excluding carboxylic acids is 1. The molecular weight excluding hydrogens is 353 g/mol. The van der Waals surface area contributed by atoms with Crippen LogP contribution in [-0.4, -0.2) is 17.0 Å². The Labute approximate surface area is 152 Å². The third-order valence-corrected chi connectivity index (χ3v) is 5.73. The van der Waals surface area contributed by atoms with Crippen molar-refractivity contribution in [2.24, 2.45) is 0 Å². The highest BCUT2D eigenvalue weighted by Gasteiger charge is 2.35. The number of carboxylic acids is 1. The minimum Gasteiger partial charge on any atom is -0.477 e. The van der Waals surface area contributed by atoms with Crippen LogP contribution in [0.15, 0.2) is 54.6 Å². The summed E-state index contributed by atoms with van der Waals surface area (Å²) < 4.78 is 14.3. The summed E-state index contributed by atoms with van der Waals surface area (Å²) in [5.74, 6) is -2.22. The number of benzene rings is 2. The van der Waals surface area contributed by atoms with Crippen molar-refractivity contribution in [3.8, 4) is 11.1 Å². The highest BCUT2D eigenvalue weighted by molar-refractivity contribution is 7.15. The van der Waals surface area contributed by atoms with Gasteiger partial charge < -0.3 is 10.4 Å². The Bertz CT molecular complexity index is 1010. The van der Waals surface area contributed by atoms with Gasteiger partial charge in [-0.05, 0) is 17.2 Å². The molecule has 26 heavy (non-hydrogen) atoms. The van der Waals surface area contributed by atoms with Crippen LogP contribution in [0.1, 0.15) is 32.5 Å². The molecular formula is C20H14FNO3S. The minimum atomic E-state index is -1.07. The van der Waals surface area contributed by atoms with Gasteiger partial charge in [0.25, 0.3) is 0 Å². The smallest absolute Gasteiger partial charge is 0.346 e. The SMILES string of the molecule is O=C1CC(c2ccccc2F)c2sc(C(=O)O)c(-c3ccccc3)c2N1. The zero-order valence-electron chi connectivity index (χ0n) is 13.5. The number of aromatic carboxylic acids is 1. The molecule has 1 aromatic heterocycles. The number of amides is 1. The van der Waals surface area contributed by atoms with Crippen LogP contribution in [0.4, 0.5) is 10.1 Å². The number of carbonyl (C=O) groups is 2. The summed E-state index contributed by atoms with van der Waals surface area (Å²) in [5, 5.41) is 12.5. The number of fused-ring (bicyclic) bond motifs is 1. The van der Waals surface area contributed by atoms with Crippen molar-refractivity contribution in [3.05, 3.63) is 75.7 Å². The third kappa shape index (κ3) is 2.68. The van der Waals surface area contributed by atoms with E-state index in [1.807, 2.05) is 18.2 Å². The summed E-state index contributed by atoms with van der Waals surface area (Å²) in [6.07, 6.45) is 0.0851. The molecule has 1 aliphatic heterocycles. The molecule has 130 valence electrons. The molecule has 0 saturated carbocycles. The maximum atomic E-state index is 14.3. The Morgan fingerprint density at radius 1 is 1.12 bits per heavy atom. The van der Waals surface area contributed by atoms with Gasteiger partial charge in [0.2, 0.25) is 5.91 Å². The summed E-state index contributed by atoms with van der Waals surface area (Å²) in [7, 11) is 0. The lowest BCUT2D eigenvalue weighted by molar-refractivity contribution is -0.116. The molecule has 4 rings (SSSR count). The van der Waals surface area contributed by atoms with Crippen molar-refractivity contribution in [3.63, 3.8) is 0 Å².